The molecule has 1 fully saturated rings. The summed E-state index contributed by atoms with van der Waals surface area (Å²) >= 11 is 0. The molecular formula is C12H17NO4S. The van der Waals surface area contributed by atoms with Crippen LogP contribution in [0.3, 0.4) is 0 Å². The van der Waals surface area contributed by atoms with Crippen molar-refractivity contribution in [3.8, 4) is 5.75 Å². The molecule has 100 valence electrons. The first kappa shape index (κ1) is 13.3. The van der Waals surface area contributed by atoms with Gasteiger partial charge in [-0.1, -0.05) is 6.07 Å². The first-order valence-electron chi connectivity index (χ1n) is 5.85. The Hall–Kier alpha value is -1.11. The number of rotatable bonds is 6. The van der Waals surface area contributed by atoms with Gasteiger partial charge < -0.3 is 9.84 Å². The summed E-state index contributed by atoms with van der Waals surface area (Å²) in [5, 5.41) is 9.65. The Morgan fingerprint density at radius 1 is 1.50 bits per heavy atom. The van der Waals surface area contributed by atoms with E-state index < -0.39 is 16.1 Å². The topological polar surface area (TPSA) is 75.6 Å². The van der Waals surface area contributed by atoms with Gasteiger partial charge in [-0.05, 0) is 30.9 Å². The predicted molar refractivity (Wildman–Crippen MR) is 66.9 cm³/mol. The molecule has 0 heterocycles. The van der Waals surface area contributed by atoms with Crippen LogP contribution in [0.5, 0.6) is 5.75 Å². The van der Waals surface area contributed by atoms with Crippen molar-refractivity contribution in [2.45, 2.75) is 23.8 Å². The van der Waals surface area contributed by atoms with Gasteiger partial charge in [0.05, 0.1) is 18.1 Å². The highest BCUT2D eigenvalue weighted by Gasteiger charge is 2.30. The van der Waals surface area contributed by atoms with Crippen LogP contribution in [-0.2, 0) is 10.0 Å². The quantitative estimate of drug-likeness (QED) is 0.800. The van der Waals surface area contributed by atoms with Gasteiger partial charge in [-0.25, -0.2) is 13.1 Å². The Bertz CT molecular complexity index is 511. The molecule has 1 saturated carbocycles. The monoisotopic (exact) mass is 271 g/mol. The van der Waals surface area contributed by atoms with Gasteiger partial charge in [0.1, 0.15) is 5.75 Å². The number of hydrogen-bond acceptors (Lipinski definition) is 4. The van der Waals surface area contributed by atoms with Crippen molar-refractivity contribution in [3.05, 3.63) is 24.3 Å². The molecule has 1 unspecified atom stereocenters. The fourth-order valence-electron chi connectivity index (χ4n) is 1.69. The third kappa shape index (κ3) is 3.22. The average Bonchev–Trinajstić information content (AvgIpc) is 3.20. The number of nitrogens with one attached hydrogen (secondary N) is 1. The van der Waals surface area contributed by atoms with Gasteiger partial charge >= 0.3 is 0 Å². The van der Waals surface area contributed by atoms with Crippen molar-refractivity contribution in [3.63, 3.8) is 0 Å². The van der Waals surface area contributed by atoms with Crippen LogP contribution in [0.2, 0.25) is 0 Å². The summed E-state index contributed by atoms with van der Waals surface area (Å²) in [5.74, 6) is 0.735. The predicted octanol–water partition coefficient (Wildman–Crippen LogP) is 0.744. The lowest BCUT2D eigenvalue weighted by Gasteiger charge is -2.11. The van der Waals surface area contributed by atoms with Crippen LogP contribution in [0, 0.1) is 5.92 Å². The van der Waals surface area contributed by atoms with Crippen molar-refractivity contribution in [2.75, 3.05) is 13.7 Å². The normalized spacial score (nSPS) is 17.4. The standard InChI is InChI=1S/C12H17NO4S/c1-17-10-3-2-4-11(7-10)18(15,16)13-8-12(14)9-5-6-9/h2-4,7,9,12-14H,5-6,8H2,1H3. The van der Waals surface area contributed by atoms with Gasteiger partial charge in [0.25, 0.3) is 0 Å². The Labute approximate surface area is 107 Å². The molecule has 2 rings (SSSR count). The first-order valence-corrected chi connectivity index (χ1v) is 7.33. The maximum atomic E-state index is 12.0. The average molecular weight is 271 g/mol. The highest BCUT2D eigenvalue weighted by molar-refractivity contribution is 7.89. The summed E-state index contributed by atoms with van der Waals surface area (Å²) in [7, 11) is -2.10. The van der Waals surface area contributed by atoms with Crippen molar-refractivity contribution < 1.29 is 18.3 Å². The zero-order chi connectivity index (χ0) is 13.2. The largest absolute Gasteiger partial charge is 0.497 e. The number of sulfonamides is 1. The molecule has 0 amide bonds. The molecule has 1 atom stereocenters. The number of hydrogen-bond donors (Lipinski definition) is 2. The molecule has 5 nitrogen and oxygen atoms in total. The Morgan fingerprint density at radius 2 is 2.22 bits per heavy atom. The molecular weight excluding hydrogens is 254 g/mol. The number of methoxy groups -OCH3 is 1. The highest BCUT2D eigenvalue weighted by Crippen LogP contribution is 2.32. The van der Waals surface area contributed by atoms with Crippen LogP contribution in [0.4, 0.5) is 0 Å². The van der Waals surface area contributed by atoms with Gasteiger partial charge in [0.2, 0.25) is 10.0 Å². The molecule has 0 spiro atoms. The SMILES string of the molecule is COc1cccc(S(=O)(=O)NCC(O)C2CC2)c1. The first-order chi connectivity index (χ1) is 8.53. The molecule has 18 heavy (non-hydrogen) atoms. The van der Waals surface area contributed by atoms with Crippen LogP contribution >= 0.6 is 0 Å². The molecule has 0 aliphatic heterocycles. The van der Waals surface area contributed by atoms with E-state index in [1.807, 2.05) is 0 Å². The minimum atomic E-state index is -3.58. The van der Waals surface area contributed by atoms with E-state index in [0.29, 0.717) is 5.75 Å². The lowest BCUT2D eigenvalue weighted by molar-refractivity contribution is 0.155. The van der Waals surface area contributed by atoms with Crippen LogP contribution in [0.1, 0.15) is 12.8 Å². The Morgan fingerprint density at radius 3 is 2.83 bits per heavy atom. The fourth-order valence-corrected chi connectivity index (χ4v) is 2.78. The van der Waals surface area contributed by atoms with E-state index in [0.717, 1.165) is 12.8 Å². The molecule has 1 aliphatic carbocycles. The number of aliphatic hydroxyl groups excluding tert-OH is 1. The number of ether oxygens (including phenoxy) is 1. The fraction of sp³-hybridized carbons (Fsp3) is 0.500. The van der Waals surface area contributed by atoms with E-state index >= 15 is 0 Å². The minimum absolute atomic E-state index is 0.0597. The van der Waals surface area contributed by atoms with Gasteiger partial charge in [0, 0.05) is 12.6 Å². The maximum Gasteiger partial charge on any atom is 0.240 e. The number of aliphatic hydroxyl groups is 1. The summed E-state index contributed by atoms with van der Waals surface area (Å²) in [5.41, 5.74) is 0. The van der Waals surface area contributed by atoms with E-state index in [-0.39, 0.29) is 17.4 Å². The lowest BCUT2D eigenvalue weighted by Crippen LogP contribution is -2.33. The molecule has 6 heteroatoms. The zero-order valence-electron chi connectivity index (χ0n) is 10.2. The van der Waals surface area contributed by atoms with Gasteiger partial charge in [0.15, 0.2) is 0 Å². The van der Waals surface area contributed by atoms with Crippen molar-refractivity contribution in [1.29, 1.82) is 0 Å². The summed E-state index contributed by atoms with van der Waals surface area (Å²) in [6.45, 7) is 0.0597. The molecule has 0 aromatic heterocycles. The van der Waals surface area contributed by atoms with Crippen LogP contribution in [-0.4, -0.2) is 33.3 Å². The Balaban J connectivity index is 2.04. The van der Waals surface area contributed by atoms with E-state index in [1.54, 1.807) is 12.1 Å². The molecule has 0 saturated heterocycles. The molecule has 1 aromatic rings. The summed E-state index contributed by atoms with van der Waals surface area (Å²) in [6.07, 6.45) is 1.36. The third-order valence-corrected chi connectivity index (χ3v) is 4.42. The summed E-state index contributed by atoms with van der Waals surface area (Å²) in [4.78, 5) is 0.143. The van der Waals surface area contributed by atoms with E-state index in [9.17, 15) is 13.5 Å². The van der Waals surface area contributed by atoms with E-state index in [1.165, 1.54) is 19.2 Å². The van der Waals surface area contributed by atoms with Crippen LogP contribution in [0.25, 0.3) is 0 Å². The molecule has 1 aliphatic rings. The van der Waals surface area contributed by atoms with Crippen molar-refractivity contribution >= 4 is 10.0 Å². The van der Waals surface area contributed by atoms with Crippen LogP contribution < -0.4 is 9.46 Å². The molecule has 1 aromatic carbocycles. The summed E-state index contributed by atoms with van der Waals surface area (Å²) in [6, 6.07) is 6.24. The van der Waals surface area contributed by atoms with Crippen LogP contribution in [0.15, 0.2) is 29.2 Å². The molecule has 0 radical (unpaired) electrons. The molecule has 2 N–H and O–H groups in total. The van der Waals surface area contributed by atoms with Gasteiger partial charge in [-0.2, -0.15) is 0 Å². The van der Waals surface area contributed by atoms with Crippen molar-refractivity contribution in [2.24, 2.45) is 5.92 Å². The second-order valence-corrected chi connectivity index (χ2v) is 6.20. The second kappa shape index (κ2) is 5.26. The molecule has 0 bridgehead atoms. The maximum absolute atomic E-state index is 12.0. The van der Waals surface area contributed by atoms with Gasteiger partial charge in [-0.3, -0.25) is 0 Å². The zero-order valence-corrected chi connectivity index (χ0v) is 11.0. The van der Waals surface area contributed by atoms with E-state index in [4.69, 9.17) is 4.74 Å². The van der Waals surface area contributed by atoms with Crippen molar-refractivity contribution in [1.82, 2.24) is 4.72 Å². The lowest BCUT2D eigenvalue weighted by atomic mass is 10.2. The number of benzene rings is 1. The summed E-state index contributed by atoms with van der Waals surface area (Å²) < 4.78 is 31.3. The second-order valence-electron chi connectivity index (χ2n) is 4.44. The minimum Gasteiger partial charge on any atom is -0.497 e. The van der Waals surface area contributed by atoms with Gasteiger partial charge in [-0.15, -0.1) is 0 Å². The smallest absolute Gasteiger partial charge is 0.240 e. The highest BCUT2D eigenvalue weighted by atomic mass is 32.2. The van der Waals surface area contributed by atoms with E-state index in [2.05, 4.69) is 4.72 Å². The Kier molecular flexibility index (Phi) is 3.89. The third-order valence-electron chi connectivity index (χ3n) is 3.00.